The zero-order valence-electron chi connectivity index (χ0n) is 9.99. The molecule has 1 saturated heterocycles. The van der Waals surface area contributed by atoms with Crippen molar-refractivity contribution in [2.45, 2.75) is 19.4 Å². The van der Waals surface area contributed by atoms with Crippen molar-refractivity contribution in [1.29, 1.82) is 0 Å². The van der Waals surface area contributed by atoms with E-state index in [4.69, 9.17) is 17.0 Å². The summed E-state index contributed by atoms with van der Waals surface area (Å²) in [6, 6.07) is 6.41. The van der Waals surface area contributed by atoms with Crippen LogP contribution in [0.15, 0.2) is 18.2 Å². The number of imidazole rings is 1. The van der Waals surface area contributed by atoms with Crippen molar-refractivity contribution in [1.82, 2.24) is 9.55 Å². The van der Waals surface area contributed by atoms with E-state index in [-0.39, 0.29) is 0 Å². The van der Waals surface area contributed by atoms with Gasteiger partial charge < -0.3 is 14.3 Å². The highest BCUT2D eigenvalue weighted by Crippen LogP contribution is 2.21. The van der Waals surface area contributed by atoms with Crippen molar-refractivity contribution in [2.75, 3.05) is 13.2 Å². The molecule has 18 heavy (non-hydrogen) atoms. The van der Waals surface area contributed by atoms with E-state index in [0.717, 1.165) is 36.5 Å². The van der Waals surface area contributed by atoms with E-state index >= 15 is 0 Å². The standard InChI is InChI=1S/C13H15IN2OS/c14-10-1-2-12-11(7-10)15-13(18)16(12)5-3-9-4-6-17-8-9/h1-2,7,9H,3-6,8H2,(H,15,18). The highest BCUT2D eigenvalue weighted by molar-refractivity contribution is 14.1. The SMILES string of the molecule is S=c1[nH]c2cc(I)ccc2n1CCC1CCOC1. The fraction of sp³-hybridized carbons (Fsp3) is 0.462. The predicted octanol–water partition coefficient (Wildman–Crippen LogP) is 3.73. The Bertz CT molecular complexity index is 613. The van der Waals surface area contributed by atoms with Gasteiger partial charge in [0.1, 0.15) is 0 Å². The lowest BCUT2D eigenvalue weighted by Gasteiger charge is -2.08. The van der Waals surface area contributed by atoms with Crippen LogP contribution in [0.4, 0.5) is 0 Å². The molecule has 96 valence electrons. The average molecular weight is 374 g/mol. The molecule has 0 spiro atoms. The number of benzene rings is 1. The molecule has 3 nitrogen and oxygen atoms in total. The summed E-state index contributed by atoms with van der Waals surface area (Å²) in [4.78, 5) is 3.28. The zero-order chi connectivity index (χ0) is 12.5. The summed E-state index contributed by atoms with van der Waals surface area (Å²) in [5.74, 6) is 0.695. The lowest BCUT2D eigenvalue weighted by molar-refractivity contribution is 0.183. The van der Waals surface area contributed by atoms with Crippen LogP contribution in [-0.4, -0.2) is 22.8 Å². The Labute approximate surface area is 125 Å². The number of nitrogens with zero attached hydrogens (tertiary/aromatic N) is 1. The molecule has 1 aromatic carbocycles. The Balaban J connectivity index is 1.86. The highest BCUT2D eigenvalue weighted by atomic mass is 127. The molecule has 0 amide bonds. The summed E-state index contributed by atoms with van der Waals surface area (Å²) in [6.45, 7) is 2.81. The van der Waals surface area contributed by atoms with Gasteiger partial charge in [0, 0.05) is 23.3 Å². The molecule has 2 aromatic rings. The molecule has 1 unspecified atom stereocenters. The van der Waals surface area contributed by atoms with E-state index < -0.39 is 0 Å². The van der Waals surface area contributed by atoms with Gasteiger partial charge in [-0.25, -0.2) is 0 Å². The van der Waals surface area contributed by atoms with Gasteiger partial charge in [-0.3, -0.25) is 0 Å². The second-order valence-electron chi connectivity index (χ2n) is 4.76. The largest absolute Gasteiger partial charge is 0.381 e. The minimum absolute atomic E-state index is 0.695. The number of aryl methyl sites for hydroxylation is 1. The number of ether oxygens (including phenoxy) is 1. The van der Waals surface area contributed by atoms with E-state index in [1.165, 1.54) is 15.5 Å². The monoisotopic (exact) mass is 374 g/mol. The summed E-state index contributed by atoms with van der Waals surface area (Å²) in [5.41, 5.74) is 2.34. The number of rotatable bonds is 3. The first-order valence-electron chi connectivity index (χ1n) is 6.20. The van der Waals surface area contributed by atoms with Crippen LogP contribution in [0.5, 0.6) is 0 Å². The molecule has 0 radical (unpaired) electrons. The fourth-order valence-corrected chi connectivity index (χ4v) is 3.27. The van der Waals surface area contributed by atoms with Crippen LogP contribution in [0.3, 0.4) is 0 Å². The highest BCUT2D eigenvalue weighted by Gasteiger charge is 2.16. The molecule has 1 aliphatic rings. The molecule has 1 aliphatic heterocycles. The maximum Gasteiger partial charge on any atom is 0.178 e. The van der Waals surface area contributed by atoms with Gasteiger partial charge in [-0.15, -0.1) is 0 Å². The third-order valence-electron chi connectivity index (χ3n) is 3.52. The Morgan fingerprint density at radius 1 is 1.50 bits per heavy atom. The van der Waals surface area contributed by atoms with Crippen LogP contribution in [0, 0.1) is 14.3 Å². The molecule has 0 aliphatic carbocycles. The van der Waals surface area contributed by atoms with Gasteiger partial charge in [-0.05, 0) is 71.8 Å². The number of aromatic amines is 1. The number of aromatic nitrogens is 2. The number of hydrogen-bond acceptors (Lipinski definition) is 2. The zero-order valence-corrected chi connectivity index (χ0v) is 13.0. The van der Waals surface area contributed by atoms with E-state index in [1.807, 2.05) is 0 Å². The lowest BCUT2D eigenvalue weighted by atomic mass is 10.1. The molecular weight excluding hydrogens is 359 g/mol. The molecule has 0 bridgehead atoms. The van der Waals surface area contributed by atoms with Crippen LogP contribution >= 0.6 is 34.8 Å². The van der Waals surface area contributed by atoms with Crippen LogP contribution in [0.2, 0.25) is 0 Å². The second-order valence-corrected chi connectivity index (χ2v) is 6.39. The Hall–Kier alpha value is -0.400. The van der Waals surface area contributed by atoms with E-state index in [1.54, 1.807) is 0 Å². The molecule has 3 rings (SSSR count). The van der Waals surface area contributed by atoms with Gasteiger partial charge in [-0.2, -0.15) is 0 Å². The third-order valence-corrected chi connectivity index (χ3v) is 4.51. The first-order chi connectivity index (χ1) is 8.74. The van der Waals surface area contributed by atoms with E-state index in [9.17, 15) is 0 Å². The molecule has 1 aromatic heterocycles. The first kappa shape index (κ1) is 12.6. The predicted molar refractivity (Wildman–Crippen MR) is 83.4 cm³/mol. The lowest BCUT2D eigenvalue weighted by Crippen LogP contribution is -2.06. The maximum absolute atomic E-state index is 5.42. The molecule has 1 fully saturated rings. The van der Waals surface area contributed by atoms with Gasteiger partial charge in [0.25, 0.3) is 0 Å². The maximum atomic E-state index is 5.42. The summed E-state index contributed by atoms with van der Waals surface area (Å²) in [7, 11) is 0. The Kier molecular flexibility index (Phi) is 3.72. The van der Waals surface area contributed by atoms with Crippen LogP contribution in [-0.2, 0) is 11.3 Å². The Morgan fingerprint density at radius 2 is 2.39 bits per heavy atom. The van der Waals surface area contributed by atoms with Crippen LogP contribution in [0.25, 0.3) is 11.0 Å². The van der Waals surface area contributed by atoms with Crippen molar-refractivity contribution in [3.05, 3.63) is 26.5 Å². The van der Waals surface area contributed by atoms with Gasteiger partial charge >= 0.3 is 0 Å². The average Bonchev–Trinajstić information content (AvgIpc) is 2.93. The molecular formula is C13H15IN2OS. The second kappa shape index (κ2) is 5.30. The molecule has 1 N–H and O–H groups in total. The van der Waals surface area contributed by atoms with E-state index in [0.29, 0.717) is 5.92 Å². The summed E-state index contributed by atoms with van der Waals surface area (Å²) >= 11 is 7.73. The number of hydrogen-bond donors (Lipinski definition) is 1. The molecule has 2 heterocycles. The topological polar surface area (TPSA) is 29.9 Å². The summed E-state index contributed by atoms with van der Waals surface area (Å²) in [5, 5.41) is 0. The minimum atomic E-state index is 0.695. The van der Waals surface area contributed by atoms with Gasteiger partial charge in [0.15, 0.2) is 4.77 Å². The quantitative estimate of drug-likeness (QED) is 0.656. The number of H-pyrrole nitrogens is 1. The molecule has 5 heteroatoms. The molecule has 1 atom stereocenters. The first-order valence-corrected chi connectivity index (χ1v) is 7.68. The van der Waals surface area contributed by atoms with Crippen molar-refractivity contribution < 1.29 is 4.74 Å². The smallest absolute Gasteiger partial charge is 0.178 e. The van der Waals surface area contributed by atoms with Crippen LogP contribution in [0.1, 0.15) is 12.8 Å². The van der Waals surface area contributed by atoms with Gasteiger partial charge in [0.05, 0.1) is 11.0 Å². The van der Waals surface area contributed by atoms with Crippen LogP contribution < -0.4 is 0 Å². The summed E-state index contributed by atoms with van der Waals surface area (Å²) in [6.07, 6.45) is 2.33. The van der Waals surface area contributed by atoms with Crippen molar-refractivity contribution in [3.63, 3.8) is 0 Å². The van der Waals surface area contributed by atoms with E-state index in [2.05, 4.69) is 50.3 Å². The van der Waals surface area contributed by atoms with Crippen molar-refractivity contribution in [2.24, 2.45) is 5.92 Å². The number of fused-ring (bicyclic) bond motifs is 1. The normalized spacial score (nSPS) is 19.7. The van der Waals surface area contributed by atoms with Gasteiger partial charge in [-0.1, -0.05) is 0 Å². The van der Waals surface area contributed by atoms with Crippen molar-refractivity contribution in [3.8, 4) is 0 Å². The minimum Gasteiger partial charge on any atom is -0.381 e. The fourth-order valence-electron chi connectivity index (χ4n) is 2.48. The Morgan fingerprint density at radius 3 is 3.17 bits per heavy atom. The number of nitrogens with one attached hydrogen (secondary N) is 1. The molecule has 0 saturated carbocycles. The third kappa shape index (κ3) is 2.48. The van der Waals surface area contributed by atoms with Crippen molar-refractivity contribution >= 4 is 45.8 Å². The summed E-state index contributed by atoms with van der Waals surface area (Å²) < 4.78 is 9.68. The van der Waals surface area contributed by atoms with Gasteiger partial charge in [0.2, 0.25) is 0 Å². The number of halogens is 1.